The van der Waals surface area contributed by atoms with Gasteiger partial charge in [0.2, 0.25) is 0 Å². The molecule has 4 fully saturated rings. The summed E-state index contributed by atoms with van der Waals surface area (Å²) in [6, 6.07) is 0. The van der Waals surface area contributed by atoms with E-state index in [-0.39, 0.29) is 17.9 Å². The molecule has 3 nitrogen and oxygen atoms in total. The minimum absolute atomic E-state index is 0.0765. The molecule has 8 atom stereocenters. The average Bonchev–Trinajstić information content (AvgIpc) is 2.84. The van der Waals surface area contributed by atoms with E-state index in [1.54, 1.807) is 0 Å². The second-order valence-electron chi connectivity index (χ2n) is 9.98. The molecule has 1 N–H and O–H groups in total. The monoisotopic (exact) mass is 333 g/mol. The quantitative estimate of drug-likeness (QED) is 0.844. The van der Waals surface area contributed by atoms with Gasteiger partial charge in [-0.25, -0.2) is 0 Å². The van der Waals surface area contributed by atoms with Crippen molar-refractivity contribution in [3.05, 3.63) is 0 Å². The van der Waals surface area contributed by atoms with Gasteiger partial charge in [0.1, 0.15) is 0 Å². The summed E-state index contributed by atoms with van der Waals surface area (Å²) in [5.74, 6) is 2.46. The SMILES string of the molecule is C[C@]12CC[C@H](O)C[C@@H]1CC[C@@H]1[C@@H]2CC[C@]2(C)[C@@H](CC(=O)[O-])CC[C@@H]12. The molecule has 0 spiro atoms. The van der Waals surface area contributed by atoms with Gasteiger partial charge in [-0.3, -0.25) is 0 Å². The van der Waals surface area contributed by atoms with Crippen LogP contribution in [0.25, 0.3) is 0 Å². The number of rotatable bonds is 2. The van der Waals surface area contributed by atoms with Gasteiger partial charge >= 0.3 is 0 Å². The third-order valence-corrected chi connectivity index (χ3v) is 9.25. The highest BCUT2D eigenvalue weighted by Gasteiger charge is 2.59. The first kappa shape index (κ1) is 16.9. The predicted octanol–water partition coefficient (Wildman–Crippen LogP) is 3.15. The van der Waals surface area contributed by atoms with Gasteiger partial charge in [-0.15, -0.1) is 0 Å². The lowest BCUT2D eigenvalue weighted by Crippen LogP contribution is -2.54. The number of aliphatic carboxylic acids is 1. The topological polar surface area (TPSA) is 60.4 Å². The van der Waals surface area contributed by atoms with Crippen LogP contribution in [-0.2, 0) is 4.79 Å². The van der Waals surface area contributed by atoms with E-state index in [0.717, 1.165) is 31.1 Å². The van der Waals surface area contributed by atoms with E-state index in [0.29, 0.717) is 23.2 Å². The van der Waals surface area contributed by atoms with Crippen LogP contribution < -0.4 is 5.11 Å². The predicted molar refractivity (Wildman–Crippen MR) is 90.8 cm³/mol. The number of hydrogen-bond acceptors (Lipinski definition) is 3. The summed E-state index contributed by atoms with van der Waals surface area (Å²) in [5, 5.41) is 21.3. The largest absolute Gasteiger partial charge is 0.550 e. The summed E-state index contributed by atoms with van der Waals surface area (Å²) in [5.41, 5.74) is 0.633. The number of carbonyl (C=O) groups excluding carboxylic acids is 1. The number of hydrogen-bond donors (Lipinski definition) is 1. The van der Waals surface area contributed by atoms with Crippen LogP contribution >= 0.6 is 0 Å². The molecule has 0 heterocycles. The van der Waals surface area contributed by atoms with E-state index < -0.39 is 5.97 Å². The Bertz CT molecular complexity index is 517. The lowest BCUT2D eigenvalue weighted by Gasteiger charge is -2.61. The van der Waals surface area contributed by atoms with Crippen molar-refractivity contribution in [3.8, 4) is 0 Å². The molecule has 4 saturated carbocycles. The van der Waals surface area contributed by atoms with E-state index in [4.69, 9.17) is 0 Å². The molecule has 0 aromatic rings. The van der Waals surface area contributed by atoms with Gasteiger partial charge in [0.05, 0.1) is 6.10 Å². The van der Waals surface area contributed by atoms with Crippen molar-refractivity contribution < 1.29 is 15.0 Å². The zero-order valence-electron chi connectivity index (χ0n) is 15.3. The first-order chi connectivity index (χ1) is 11.3. The number of carbonyl (C=O) groups is 1. The van der Waals surface area contributed by atoms with Gasteiger partial charge in [0.25, 0.3) is 0 Å². The van der Waals surface area contributed by atoms with Crippen LogP contribution in [0.15, 0.2) is 0 Å². The fourth-order valence-corrected chi connectivity index (χ4v) is 7.88. The number of fused-ring (bicyclic) bond motifs is 5. The van der Waals surface area contributed by atoms with E-state index in [1.165, 1.54) is 38.5 Å². The summed E-state index contributed by atoms with van der Waals surface area (Å²) >= 11 is 0. The Hall–Kier alpha value is -0.570. The van der Waals surface area contributed by atoms with Crippen LogP contribution in [-0.4, -0.2) is 17.2 Å². The maximum atomic E-state index is 11.2. The third kappa shape index (κ3) is 2.37. The Morgan fingerprint density at radius 1 is 1.00 bits per heavy atom. The molecule has 0 amide bonds. The number of carboxylic acid groups (broad SMARTS) is 1. The summed E-state index contributed by atoms with van der Waals surface area (Å²) < 4.78 is 0. The standard InChI is InChI=1S/C21H34O3/c1-20-9-7-15(22)11-13(20)3-5-16-17-6-4-14(12-19(23)24)21(17,2)10-8-18(16)20/h13-18,22H,3-12H2,1-2H3,(H,23,24)/p-1/t13-,14+,15-,16-,17-,18-,20-,21+/m0/s1. The minimum Gasteiger partial charge on any atom is -0.550 e. The Labute approximate surface area is 146 Å². The summed E-state index contributed by atoms with van der Waals surface area (Å²) in [6.07, 6.45) is 10.7. The molecule has 0 unspecified atom stereocenters. The zero-order chi connectivity index (χ0) is 17.1. The first-order valence-electron chi connectivity index (χ1n) is 10.2. The Balaban J connectivity index is 1.57. The summed E-state index contributed by atoms with van der Waals surface area (Å²) in [4.78, 5) is 11.2. The van der Waals surface area contributed by atoms with Crippen molar-refractivity contribution in [2.45, 2.75) is 84.2 Å². The van der Waals surface area contributed by atoms with Crippen molar-refractivity contribution in [3.63, 3.8) is 0 Å². The minimum atomic E-state index is -0.860. The van der Waals surface area contributed by atoms with Gasteiger partial charge in [-0.2, -0.15) is 0 Å². The maximum absolute atomic E-state index is 11.2. The molecule has 3 heteroatoms. The van der Waals surface area contributed by atoms with Gasteiger partial charge in [-0.05, 0) is 105 Å². The van der Waals surface area contributed by atoms with Crippen molar-refractivity contribution >= 4 is 5.97 Å². The maximum Gasteiger partial charge on any atom is 0.0543 e. The summed E-state index contributed by atoms with van der Waals surface area (Å²) in [7, 11) is 0. The second kappa shape index (κ2) is 5.72. The molecule has 4 rings (SSSR count). The van der Waals surface area contributed by atoms with Crippen molar-refractivity contribution in [2.75, 3.05) is 0 Å². The van der Waals surface area contributed by atoms with Crippen LogP contribution in [0.1, 0.15) is 78.1 Å². The van der Waals surface area contributed by atoms with Gasteiger partial charge < -0.3 is 15.0 Å². The van der Waals surface area contributed by atoms with Crippen LogP contribution in [0.3, 0.4) is 0 Å². The summed E-state index contributed by atoms with van der Waals surface area (Å²) in [6.45, 7) is 4.89. The number of carboxylic acids is 1. The molecule has 0 bridgehead atoms. The van der Waals surface area contributed by atoms with E-state index in [9.17, 15) is 15.0 Å². The van der Waals surface area contributed by atoms with Crippen LogP contribution in [0.2, 0.25) is 0 Å². The highest BCUT2D eigenvalue weighted by molar-refractivity contribution is 5.64. The van der Waals surface area contributed by atoms with E-state index in [1.807, 2.05) is 0 Å². The first-order valence-corrected chi connectivity index (χ1v) is 10.2. The fourth-order valence-electron chi connectivity index (χ4n) is 7.88. The molecule has 4 aliphatic carbocycles. The highest BCUT2D eigenvalue weighted by Crippen LogP contribution is 2.67. The highest BCUT2D eigenvalue weighted by atomic mass is 16.4. The van der Waals surface area contributed by atoms with Crippen molar-refractivity contribution in [1.29, 1.82) is 0 Å². The zero-order valence-corrected chi connectivity index (χ0v) is 15.3. The lowest BCUT2D eigenvalue weighted by molar-refractivity contribution is -0.307. The Morgan fingerprint density at radius 3 is 2.46 bits per heavy atom. The molecule has 0 aromatic heterocycles. The molecule has 0 aromatic carbocycles. The van der Waals surface area contributed by atoms with E-state index in [2.05, 4.69) is 13.8 Å². The number of aliphatic hydroxyl groups excluding tert-OH is 1. The lowest BCUT2D eigenvalue weighted by atomic mass is 9.44. The smallest absolute Gasteiger partial charge is 0.0543 e. The van der Waals surface area contributed by atoms with Gasteiger partial charge in [0, 0.05) is 5.97 Å². The molecule has 0 radical (unpaired) electrons. The molecule has 4 aliphatic rings. The van der Waals surface area contributed by atoms with Crippen molar-refractivity contribution in [1.82, 2.24) is 0 Å². The molecule has 0 saturated heterocycles. The molecular formula is C21H33O3-. The van der Waals surface area contributed by atoms with Gasteiger partial charge in [0.15, 0.2) is 0 Å². The third-order valence-electron chi connectivity index (χ3n) is 9.25. The molecule has 24 heavy (non-hydrogen) atoms. The Kier molecular flexibility index (Phi) is 4.02. The average molecular weight is 333 g/mol. The molecule has 0 aliphatic heterocycles. The normalized spacial score (nSPS) is 53.8. The van der Waals surface area contributed by atoms with E-state index >= 15 is 0 Å². The van der Waals surface area contributed by atoms with Gasteiger partial charge in [-0.1, -0.05) is 13.8 Å². The van der Waals surface area contributed by atoms with Crippen LogP contribution in [0, 0.1) is 40.4 Å². The van der Waals surface area contributed by atoms with Crippen LogP contribution in [0.5, 0.6) is 0 Å². The Morgan fingerprint density at radius 2 is 1.71 bits per heavy atom. The second-order valence-corrected chi connectivity index (χ2v) is 9.98. The number of aliphatic hydroxyl groups is 1. The van der Waals surface area contributed by atoms with Crippen LogP contribution in [0.4, 0.5) is 0 Å². The van der Waals surface area contributed by atoms with Crippen molar-refractivity contribution in [2.24, 2.45) is 40.4 Å². The molecule has 136 valence electrons. The fraction of sp³-hybridized carbons (Fsp3) is 0.952. The molecular weight excluding hydrogens is 300 g/mol.